The summed E-state index contributed by atoms with van der Waals surface area (Å²) in [5, 5.41) is 6.13. The predicted octanol–water partition coefficient (Wildman–Crippen LogP) is 4.18. The maximum Gasteiger partial charge on any atom is 0.0491 e. The molecular weight excluding hydrogens is 244 g/mol. The van der Waals surface area contributed by atoms with Crippen molar-refractivity contribution in [2.75, 3.05) is 13.1 Å². The molecular formula is C18H22N2. The third-order valence-corrected chi connectivity index (χ3v) is 3.92. The minimum Gasteiger partial charge on any atom is -0.340 e. The van der Waals surface area contributed by atoms with E-state index in [2.05, 4.69) is 65.3 Å². The van der Waals surface area contributed by atoms with Crippen molar-refractivity contribution in [2.45, 2.75) is 26.3 Å². The number of hydrogen-bond acceptors (Lipinski definition) is 1. The van der Waals surface area contributed by atoms with Crippen molar-refractivity contribution in [3.63, 3.8) is 0 Å². The number of nitrogens with one attached hydrogen (secondary N) is 1. The van der Waals surface area contributed by atoms with Crippen LogP contribution in [0.5, 0.6) is 0 Å². The van der Waals surface area contributed by atoms with Crippen molar-refractivity contribution < 1.29 is 0 Å². The number of nitrogens with zero attached hydrogens (tertiary/aromatic N) is 1. The van der Waals surface area contributed by atoms with E-state index in [0.29, 0.717) is 0 Å². The first kappa shape index (κ1) is 13.2. The molecule has 0 aliphatic carbocycles. The van der Waals surface area contributed by atoms with Gasteiger partial charge in [0.25, 0.3) is 0 Å². The SMILES string of the molecule is CCNCCCCn1c2ccccc2c2ccccc21. The number of rotatable bonds is 6. The van der Waals surface area contributed by atoms with Crippen molar-refractivity contribution in [3.8, 4) is 0 Å². The molecule has 3 rings (SSSR count). The molecule has 0 atom stereocenters. The molecule has 0 saturated carbocycles. The molecule has 2 nitrogen and oxygen atoms in total. The van der Waals surface area contributed by atoms with Crippen LogP contribution in [0.3, 0.4) is 0 Å². The molecule has 3 aromatic rings. The van der Waals surface area contributed by atoms with E-state index in [9.17, 15) is 0 Å². The molecule has 0 aliphatic heterocycles. The Morgan fingerprint density at radius 3 is 2.05 bits per heavy atom. The van der Waals surface area contributed by atoms with Crippen LogP contribution in [0.2, 0.25) is 0 Å². The van der Waals surface area contributed by atoms with Gasteiger partial charge in [0, 0.05) is 28.4 Å². The zero-order chi connectivity index (χ0) is 13.8. The maximum atomic E-state index is 3.39. The molecule has 1 N–H and O–H groups in total. The first-order valence-corrected chi connectivity index (χ1v) is 7.58. The summed E-state index contributed by atoms with van der Waals surface area (Å²) in [5.41, 5.74) is 2.72. The number of aryl methyl sites for hydroxylation is 1. The third kappa shape index (κ3) is 2.44. The van der Waals surface area contributed by atoms with Gasteiger partial charge in [0.1, 0.15) is 0 Å². The number of para-hydroxylation sites is 2. The Bertz CT molecular complexity index is 644. The van der Waals surface area contributed by atoms with Crippen molar-refractivity contribution in [1.82, 2.24) is 9.88 Å². The first-order chi connectivity index (χ1) is 9.92. The second-order valence-electron chi connectivity index (χ2n) is 5.25. The molecule has 2 heteroatoms. The minimum atomic E-state index is 1.06. The lowest BCUT2D eigenvalue weighted by atomic mass is 10.2. The highest BCUT2D eigenvalue weighted by Gasteiger charge is 2.08. The van der Waals surface area contributed by atoms with Gasteiger partial charge in [-0.1, -0.05) is 43.3 Å². The number of benzene rings is 2. The first-order valence-electron chi connectivity index (χ1n) is 7.58. The maximum absolute atomic E-state index is 3.39. The molecule has 0 bridgehead atoms. The van der Waals surface area contributed by atoms with E-state index in [1.54, 1.807) is 0 Å². The molecule has 0 fully saturated rings. The van der Waals surface area contributed by atoms with E-state index in [1.165, 1.54) is 34.6 Å². The molecule has 0 unspecified atom stereocenters. The molecule has 2 aromatic carbocycles. The summed E-state index contributed by atoms with van der Waals surface area (Å²) in [6.45, 7) is 5.44. The van der Waals surface area contributed by atoms with Crippen LogP contribution in [0.4, 0.5) is 0 Å². The Morgan fingerprint density at radius 1 is 0.850 bits per heavy atom. The van der Waals surface area contributed by atoms with Gasteiger partial charge in [0.15, 0.2) is 0 Å². The number of aromatic nitrogens is 1. The van der Waals surface area contributed by atoms with Gasteiger partial charge in [-0.2, -0.15) is 0 Å². The molecule has 20 heavy (non-hydrogen) atoms. The van der Waals surface area contributed by atoms with Gasteiger partial charge >= 0.3 is 0 Å². The fraction of sp³-hybridized carbons (Fsp3) is 0.333. The monoisotopic (exact) mass is 266 g/mol. The number of hydrogen-bond donors (Lipinski definition) is 1. The van der Waals surface area contributed by atoms with Gasteiger partial charge in [0.05, 0.1) is 0 Å². The molecule has 0 radical (unpaired) electrons. The van der Waals surface area contributed by atoms with Gasteiger partial charge in [-0.3, -0.25) is 0 Å². The van der Waals surface area contributed by atoms with Crippen molar-refractivity contribution in [1.29, 1.82) is 0 Å². The summed E-state index contributed by atoms with van der Waals surface area (Å²) in [4.78, 5) is 0. The Morgan fingerprint density at radius 2 is 1.45 bits per heavy atom. The Hall–Kier alpha value is -1.80. The lowest BCUT2D eigenvalue weighted by Gasteiger charge is -2.07. The van der Waals surface area contributed by atoms with Crippen molar-refractivity contribution >= 4 is 21.8 Å². The molecule has 1 aromatic heterocycles. The summed E-state index contributed by atoms with van der Waals surface area (Å²) in [7, 11) is 0. The molecule has 0 spiro atoms. The van der Waals surface area contributed by atoms with E-state index >= 15 is 0 Å². The molecule has 0 saturated heterocycles. The average molecular weight is 266 g/mol. The van der Waals surface area contributed by atoms with Crippen molar-refractivity contribution in [3.05, 3.63) is 48.5 Å². The Kier molecular flexibility index (Phi) is 4.03. The zero-order valence-electron chi connectivity index (χ0n) is 12.1. The van der Waals surface area contributed by atoms with Crippen LogP contribution in [-0.2, 0) is 6.54 Å². The summed E-state index contributed by atoms with van der Waals surface area (Å²) in [6, 6.07) is 17.5. The lowest BCUT2D eigenvalue weighted by molar-refractivity contribution is 0.593. The van der Waals surface area contributed by atoms with Crippen LogP contribution in [0, 0.1) is 0 Å². The van der Waals surface area contributed by atoms with Crippen LogP contribution in [-0.4, -0.2) is 17.7 Å². The molecule has 0 amide bonds. The highest BCUT2D eigenvalue weighted by atomic mass is 15.0. The summed E-state index contributed by atoms with van der Waals surface area (Å²) >= 11 is 0. The van der Waals surface area contributed by atoms with Crippen LogP contribution in [0.15, 0.2) is 48.5 Å². The number of unbranched alkanes of at least 4 members (excludes halogenated alkanes) is 1. The Balaban J connectivity index is 1.91. The van der Waals surface area contributed by atoms with Gasteiger partial charge in [-0.05, 0) is 38.1 Å². The molecule has 1 heterocycles. The standard InChI is InChI=1S/C18H22N2/c1-2-19-13-7-8-14-20-17-11-5-3-9-15(17)16-10-4-6-12-18(16)20/h3-6,9-12,19H,2,7-8,13-14H2,1H3. The predicted molar refractivity (Wildman–Crippen MR) is 87.2 cm³/mol. The third-order valence-electron chi connectivity index (χ3n) is 3.92. The van der Waals surface area contributed by atoms with E-state index < -0.39 is 0 Å². The smallest absolute Gasteiger partial charge is 0.0491 e. The van der Waals surface area contributed by atoms with Gasteiger partial charge in [-0.15, -0.1) is 0 Å². The van der Waals surface area contributed by atoms with Crippen LogP contribution < -0.4 is 5.32 Å². The topological polar surface area (TPSA) is 17.0 Å². The second-order valence-corrected chi connectivity index (χ2v) is 5.25. The largest absolute Gasteiger partial charge is 0.340 e. The molecule has 0 aliphatic rings. The fourth-order valence-corrected chi connectivity index (χ4v) is 2.94. The quantitative estimate of drug-likeness (QED) is 0.662. The Labute approximate surface area is 120 Å². The second kappa shape index (κ2) is 6.10. The molecule has 104 valence electrons. The van der Waals surface area contributed by atoms with Crippen LogP contribution in [0.25, 0.3) is 21.8 Å². The van der Waals surface area contributed by atoms with Crippen molar-refractivity contribution in [2.24, 2.45) is 0 Å². The van der Waals surface area contributed by atoms with E-state index in [1.807, 2.05) is 0 Å². The summed E-state index contributed by atoms with van der Waals surface area (Å²) in [5.74, 6) is 0. The highest BCUT2D eigenvalue weighted by Crippen LogP contribution is 2.28. The summed E-state index contributed by atoms with van der Waals surface area (Å²) < 4.78 is 2.47. The number of fused-ring (bicyclic) bond motifs is 3. The van der Waals surface area contributed by atoms with E-state index in [4.69, 9.17) is 0 Å². The van der Waals surface area contributed by atoms with Gasteiger partial charge in [0.2, 0.25) is 0 Å². The zero-order valence-corrected chi connectivity index (χ0v) is 12.1. The minimum absolute atomic E-state index is 1.06. The lowest BCUT2D eigenvalue weighted by Crippen LogP contribution is -2.14. The van der Waals surface area contributed by atoms with Crippen LogP contribution in [0.1, 0.15) is 19.8 Å². The highest BCUT2D eigenvalue weighted by molar-refractivity contribution is 6.07. The van der Waals surface area contributed by atoms with Gasteiger partial charge in [-0.25, -0.2) is 0 Å². The van der Waals surface area contributed by atoms with Gasteiger partial charge < -0.3 is 9.88 Å². The van der Waals surface area contributed by atoms with Crippen LogP contribution >= 0.6 is 0 Å². The van der Waals surface area contributed by atoms with E-state index in [-0.39, 0.29) is 0 Å². The summed E-state index contributed by atoms with van der Waals surface area (Å²) in [6.07, 6.45) is 2.45. The average Bonchev–Trinajstić information content (AvgIpc) is 2.82. The van der Waals surface area contributed by atoms with E-state index in [0.717, 1.165) is 19.6 Å². The normalized spacial score (nSPS) is 11.4. The fourth-order valence-electron chi connectivity index (χ4n) is 2.94.